The molecule has 4 heteroatoms. The molecular weight excluding hydrogens is 320 g/mol. The maximum atomic E-state index is 12.6. The number of halogens is 1. The van der Waals surface area contributed by atoms with Crippen molar-refractivity contribution in [2.45, 2.75) is 32.2 Å². The normalized spacial score (nSPS) is 13.6. The largest absolute Gasteiger partial charge is 0.361 e. The first kappa shape index (κ1) is 16.6. The van der Waals surface area contributed by atoms with Gasteiger partial charge in [0.1, 0.15) is 0 Å². The van der Waals surface area contributed by atoms with Gasteiger partial charge in [-0.25, -0.2) is 0 Å². The number of para-hydroxylation sites is 1. The molecule has 3 rings (SSSR count). The van der Waals surface area contributed by atoms with Crippen molar-refractivity contribution in [3.8, 4) is 0 Å². The summed E-state index contributed by atoms with van der Waals surface area (Å²) < 4.78 is 0. The molecule has 3 nitrogen and oxygen atoms in total. The Bertz CT molecular complexity index is 853. The molecule has 0 saturated heterocycles. The number of amides is 1. The van der Waals surface area contributed by atoms with Gasteiger partial charge in [-0.3, -0.25) is 4.79 Å². The van der Waals surface area contributed by atoms with E-state index in [4.69, 9.17) is 11.6 Å². The Kier molecular flexibility index (Phi) is 4.63. The molecule has 2 aromatic carbocycles. The zero-order valence-corrected chi connectivity index (χ0v) is 14.7. The Balaban J connectivity index is 1.81. The number of hydrogen-bond donors (Lipinski definition) is 2. The quantitative estimate of drug-likeness (QED) is 0.677. The second-order valence-corrected chi connectivity index (χ2v) is 6.85. The molecule has 124 valence electrons. The lowest BCUT2D eigenvalue weighted by Gasteiger charge is -2.30. The molecule has 0 saturated carbocycles. The van der Waals surface area contributed by atoms with Crippen LogP contribution in [0.25, 0.3) is 10.9 Å². The molecule has 0 aliphatic heterocycles. The van der Waals surface area contributed by atoms with Gasteiger partial charge in [0.15, 0.2) is 0 Å². The van der Waals surface area contributed by atoms with E-state index in [1.165, 1.54) is 10.9 Å². The van der Waals surface area contributed by atoms with Crippen LogP contribution in [0.2, 0.25) is 5.02 Å². The van der Waals surface area contributed by atoms with Crippen LogP contribution in [0.4, 0.5) is 0 Å². The molecule has 0 aliphatic carbocycles. The van der Waals surface area contributed by atoms with E-state index in [0.717, 1.165) is 18.4 Å². The molecule has 24 heavy (non-hydrogen) atoms. The second-order valence-electron chi connectivity index (χ2n) is 6.41. The van der Waals surface area contributed by atoms with Crippen LogP contribution in [0.1, 0.15) is 36.2 Å². The van der Waals surface area contributed by atoms with Crippen LogP contribution >= 0.6 is 11.6 Å². The third kappa shape index (κ3) is 3.46. The summed E-state index contributed by atoms with van der Waals surface area (Å²) in [5.74, 6) is -0.0733. The third-order valence-electron chi connectivity index (χ3n) is 4.56. The van der Waals surface area contributed by atoms with Crippen molar-refractivity contribution in [2.75, 3.05) is 0 Å². The average molecular weight is 341 g/mol. The summed E-state index contributed by atoms with van der Waals surface area (Å²) in [6, 6.07) is 15.2. The maximum absolute atomic E-state index is 12.6. The van der Waals surface area contributed by atoms with Crippen LogP contribution in [0.15, 0.2) is 54.7 Å². The van der Waals surface area contributed by atoms with Gasteiger partial charge in [-0.05, 0) is 55.7 Å². The molecule has 0 bridgehead atoms. The number of benzene rings is 2. The lowest BCUT2D eigenvalue weighted by atomic mass is 9.89. The number of carbonyl (C=O) groups is 1. The minimum Gasteiger partial charge on any atom is -0.361 e. The van der Waals surface area contributed by atoms with E-state index in [9.17, 15) is 4.79 Å². The Morgan fingerprint density at radius 2 is 1.88 bits per heavy atom. The number of carbonyl (C=O) groups excluding carboxylic acids is 1. The van der Waals surface area contributed by atoms with Crippen LogP contribution in [0.3, 0.4) is 0 Å². The Hall–Kier alpha value is -2.26. The summed E-state index contributed by atoms with van der Waals surface area (Å²) >= 11 is 5.89. The van der Waals surface area contributed by atoms with E-state index in [0.29, 0.717) is 10.6 Å². The first-order valence-electron chi connectivity index (χ1n) is 8.14. The van der Waals surface area contributed by atoms with Crippen molar-refractivity contribution in [1.29, 1.82) is 0 Å². The molecule has 2 N–H and O–H groups in total. The van der Waals surface area contributed by atoms with E-state index in [2.05, 4.69) is 36.3 Å². The fraction of sp³-hybridized carbons (Fsp3) is 0.250. The first-order valence-corrected chi connectivity index (χ1v) is 8.51. The molecule has 0 radical (unpaired) electrons. The number of nitrogens with one attached hydrogen (secondary N) is 2. The number of H-pyrrole nitrogens is 1. The molecule has 1 amide bonds. The predicted octanol–water partition coefficient (Wildman–Crippen LogP) is 4.96. The molecule has 1 heterocycles. The van der Waals surface area contributed by atoms with Gasteiger partial charge in [-0.1, -0.05) is 36.7 Å². The van der Waals surface area contributed by atoms with Crippen molar-refractivity contribution in [3.05, 3.63) is 70.9 Å². The summed E-state index contributed by atoms with van der Waals surface area (Å²) in [6.45, 7) is 4.18. The minimum absolute atomic E-state index is 0.0733. The molecule has 3 aromatic rings. The van der Waals surface area contributed by atoms with Gasteiger partial charge in [0, 0.05) is 33.2 Å². The fourth-order valence-electron chi connectivity index (χ4n) is 2.90. The highest BCUT2D eigenvalue weighted by Crippen LogP contribution is 2.24. The predicted molar refractivity (Wildman–Crippen MR) is 99.6 cm³/mol. The zero-order valence-electron chi connectivity index (χ0n) is 13.9. The van der Waals surface area contributed by atoms with Crippen LogP contribution in [-0.4, -0.2) is 16.4 Å². The number of aromatic amines is 1. The van der Waals surface area contributed by atoms with Crippen molar-refractivity contribution in [3.63, 3.8) is 0 Å². The van der Waals surface area contributed by atoms with Crippen LogP contribution in [0.5, 0.6) is 0 Å². The third-order valence-corrected chi connectivity index (χ3v) is 4.81. The van der Waals surface area contributed by atoms with Gasteiger partial charge in [-0.15, -0.1) is 0 Å². The summed E-state index contributed by atoms with van der Waals surface area (Å²) in [6.07, 6.45) is 3.64. The smallest absolute Gasteiger partial charge is 0.251 e. The highest BCUT2D eigenvalue weighted by atomic mass is 35.5. The minimum atomic E-state index is -0.318. The number of aromatic nitrogens is 1. The van der Waals surface area contributed by atoms with Crippen molar-refractivity contribution in [2.24, 2.45) is 0 Å². The zero-order chi connectivity index (χ0) is 17.2. The molecule has 1 aromatic heterocycles. The maximum Gasteiger partial charge on any atom is 0.251 e. The molecule has 0 aliphatic rings. The number of hydrogen-bond acceptors (Lipinski definition) is 1. The monoisotopic (exact) mass is 340 g/mol. The Labute approximate surface area is 147 Å². The summed E-state index contributed by atoms with van der Waals surface area (Å²) in [5, 5.41) is 5.02. The van der Waals surface area contributed by atoms with Gasteiger partial charge >= 0.3 is 0 Å². The lowest BCUT2D eigenvalue weighted by Crippen LogP contribution is -2.47. The second kappa shape index (κ2) is 6.70. The van der Waals surface area contributed by atoms with E-state index < -0.39 is 0 Å². The first-order chi connectivity index (χ1) is 11.5. The van der Waals surface area contributed by atoms with Crippen LogP contribution in [-0.2, 0) is 6.42 Å². The van der Waals surface area contributed by atoms with Gasteiger partial charge < -0.3 is 10.3 Å². The number of fused-ring (bicyclic) bond motifs is 1. The molecule has 1 atom stereocenters. The van der Waals surface area contributed by atoms with Gasteiger partial charge in [0.05, 0.1) is 0 Å². The van der Waals surface area contributed by atoms with Gasteiger partial charge in [0.25, 0.3) is 5.91 Å². The SMILES string of the molecule is CCC(C)(Cc1c[nH]c2ccccc12)NC(=O)c1ccc(Cl)cc1. The van der Waals surface area contributed by atoms with Crippen LogP contribution in [0, 0.1) is 0 Å². The molecule has 0 spiro atoms. The van der Waals surface area contributed by atoms with Gasteiger partial charge in [0.2, 0.25) is 0 Å². The van der Waals surface area contributed by atoms with E-state index >= 15 is 0 Å². The Morgan fingerprint density at radius 3 is 2.58 bits per heavy atom. The average Bonchev–Trinajstić information content (AvgIpc) is 2.98. The van der Waals surface area contributed by atoms with E-state index in [-0.39, 0.29) is 11.4 Å². The lowest BCUT2D eigenvalue weighted by molar-refractivity contribution is 0.0903. The van der Waals surface area contributed by atoms with Crippen molar-refractivity contribution < 1.29 is 4.79 Å². The number of rotatable bonds is 5. The summed E-state index contributed by atoms with van der Waals surface area (Å²) in [5.41, 5.74) is 2.64. The van der Waals surface area contributed by atoms with Crippen molar-refractivity contribution in [1.82, 2.24) is 10.3 Å². The summed E-state index contributed by atoms with van der Waals surface area (Å²) in [4.78, 5) is 15.9. The summed E-state index contributed by atoms with van der Waals surface area (Å²) in [7, 11) is 0. The molecule has 1 unspecified atom stereocenters. The highest BCUT2D eigenvalue weighted by Gasteiger charge is 2.26. The van der Waals surface area contributed by atoms with Gasteiger partial charge in [-0.2, -0.15) is 0 Å². The molecule has 0 fully saturated rings. The van der Waals surface area contributed by atoms with Crippen LogP contribution < -0.4 is 5.32 Å². The fourth-order valence-corrected chi connectivity index (χ4v) is 3.03. The van der Waals surface area contributed by atoms with E-state index in [1.54, 1.807) is 24.3 Å². The molecular formula is C20H21ClN2O. The standard InChI is InChI=1S/C20H21ClN2O/c1-3-20(2,23-19(24)14-8-10-16(21)11-9-14)12-15-13-22-18-7-5-4-6-17(15)18/h4-11,13,22H,3,12H2,1-2H3,(H,23,24). The Morgan fingerprint density at radius 1 is 1.17 bits per heavy atom. The van der Waals surface area contributed by atoms with E-state index in [1.807, 2.05) is 18.3 Å². The van der Waals surface area contributed by atoms with Crippen molar-refractivity contribution >= 4 is 28.4 Å². The topological polar surface area (TPSA) is 44.9 Å². The highest BCUT2D eigenvalue weighted by molar-refractivity contribution is 6.30.